The molecule has 1 aromatic carbocycles. The predicted molar refractivity (Wildman–Crippen MR) is 85.3 cm³/mol. The zero-order valence-electron chi connectivity index (χ0n) is 11.4. The van der Waals surface area contributed by atoms with E-state index in [1.807, 2.05) is 0 Å². The minimum Gasteiger partial charge on any atom is -0.396 e. The maximum atomic E-state index is 11.7. The molecule has 0 aromatic heterocycles. The van der Waals surface area contributed by atoms with Crippen LogP contribution >= 0.6 is 23.4 Å². The monoisotopic (exact) mass is 337 g/mol. The van der Waals surface area contributed by atoms with Crippen LogP contribution in [0.3, 0.4) is 0 Å². The lowest BCUT2D eigenvalue weighted by Crippen LogP contribution is -2.19. The molecule has 0 unspecified atom stereocenters. The molecule has 0 atom stereocenters. The van der Waals surface area contributed by atoms with Crippen molar-refractivity contribution >= 4 is 33.2 Å². The van der Waals surface area contributed by atoms with E-state index in [-0.39, 0.29) is 11.5 Å². The van der Waals surface area contributed by atoms with Gasteiger partial charge in [0.05, 0.1) is 4.90 Å². The molecule has 0 aliphatic carbocycles. The van der Waals surface area contributed by atoms with Crippen LogP contribution in [0.2, 0.25) is 5.02 Å². The third-order valence-electron chi connectivity index (χ3n) is 2.65. The van der Waals surface area contributed by atoms with Gasteiger partial charge in [-0.25, -0.2) is 8.42 Å². The van der Waals surface area contributed by atoms with Crippen molar-refractivity contribution in [1.82, 2.24) is 5.32 Å². The number of rotatable bonds is 9. The van der Waals surface area contributed by atoms with E-state index in [4.69, 9.17) is 16.7 Å². The highest BCUT2D eigenvalue weighted by molar-refractivity contribution is 7.99. The summed E-state index contributed by atoms with van der Waals surface area (Å²) < 4.78 is 23.4. The zero-order chi connectivity index (χ0) is 15.0. The SMILES string of the molecule is CS(=O)(=O)c1cccc(Cl)c1CNCCSCCCO. The molecule has 2 N–H and O–H groups in total. The number of benzene rings is 1. The second-order valence-electron chi connectivity index (χ2n) is 4.36. The Morgan fingerprint density at radius 3 is 2.75 bits per heavy atom. The molecular formula is C13H20ClNO3S2. The van der Waals surface area contributed by atoms with Gasteiger partial charge < -0.3 is 10.4 Å². The van der Waals surface area contributed by atoms with E-state index < -0.39 is 9.84 Å². The molecule has 1 rings (SSSR count). The Balaban J connectivity index is 2.52. The average Bonchev–Trinajstić information content (AvgIpc) is 2.38. The van der Waals surface area contributed by atoms with Crippen molar-refractivity contribution in [1.29, 1.82) is 0 Å². The van der Waals surface area contributed by atoms with Crippen LogP contribution in [-0.2, 0) is 16.4 Å². The smallest absolute Gasteiger partial charge is 0.175 e. The maximum absolute atomic E-state index is 11.7. The Labute approximate surface area is 129 Å². The minimum absolute atomic E-state index is 0.220. The molecule has 0 saturated heterocycles. The average molecular weight is 338 g/mol. The molecule has 7 heteroatoms. The van der Waals surface area contributed by atoms with Gasteiger partial charge >= 0.3 is 0 Å². The second-order valence-corrected chi connectivity index (χ2v) is 7.97. The topological polar surface area (TPSA) is 66.4 Å². The fraction of sp³-hybridized carbons (Fsp3) is 0.538. The second kappa shape index (κ2) is 8.89. The Kier molecular flexibility index (Phi) is 7.91. The lowest BCUT2D eigenvalue weighted by Gasteiger charge is -2.11. The van der Waals surface area contributed by atoms with Crippen molar-refractivity contribution in [3.8, 4) is 0 Å². The van der Waals surface area contributed by atoms with Crippen molar-refractivity contribution in [2.24, 2.45) is 0 Å². The van der Waals surface area contributed by atoms with Crippen LogP contribution in [0.5, 0.6) is 0 Å². The van der Waals surface area contributed by atoms with Gasteiger partial charge in [-0.2, -0.15) is 11.8 Å². The Hall–Kier alpha value is -0.270. The highest BCUT2D eigenvalue weighted by Crippen LogP contribution is 2.23. The Morgan fingerprint density at radius 1 is 1.35 bits per heavy atom. The van der Waals surface area contributed by atoms with Crippen LogP contribution in [0.25, 0.3) is 0 Å². The standard InChI is InChI=1S/C13H20ClNO3S2/c1-20(17,18)13-5-2-4-12(14)11(13)10-15-6-9-19-8-3-7-16/h2,4-5,15-16H,3,6-10H2,1H3. The summed E-state index contributed by atoms with van der Waals surface area (Å²) in [6, 6.07) is 4.92. The van der Waals surface area contributed by atoms with Gasteiger partial charge in [-0.05, 0) is 24.3 Å². The minimum atomic E-state index is -3.27. The first-order chi connectivity index (χ1) is 9.46. The Morgan fingerprint density at radius 2 is 2.10 bits per heavy atom. The van der Waals surface area contributed by atoms with Crippen LogP contribution in [-0.4, -0.2) is 44.4 Å². The molecule has 114 valence electrons. The summed E-state index contributed by atoms with van der Waals surface area (Å²) in [4.78, 5) is 0.283. The lowest BCUT2D eigenvalue weighted by atomic mass is 10.2. The van der Waals surface area contributed by atoms with Crippen molar-refractivity contribution in [2.75, 3.05) is 30.9 Å². The fourth-order valence-corrected chi connectivity index (χ4v) is 3.76. The summed E-state index contributed by atoms with van der Waals surface area (Å²) in [5.74, 6) is 1.84. The van der Waals surface area contributed by atoms with Gasteiger partial charge in [0.25, 0.3) is 0 Å². The van der Waals surface area contributed by atoms with Crippen LogP contribution in [0, 0.1) is 0 Å². The molecule has 0 heterocycles. The number of aliphatic hydroxyl groups is 1. The van der Waals surface area contributed by atoms with E-state index in [0.717, 1.165) is 24.5 Å². The van der Waals surface area contributed by atoms with E-state index in [0.29, 0.717) is 17.1 Å². The molecule has 0 aliphatic heterocycles. The van der Waals surface area contributed by atoms with E-state index in [1.54, 1.807) is 30.0 Å². The first-order valence-corrected chi connectivity index (χ1v) is 9.76. The molecule has 0 amide bonds. The summed E-state index contributed by atoms with van der Waals surface area (Å²) in [7, 11) is -3.27. The number of halogens is 1. The summed E-state index contributed by atoms with van der Waals surface area (Å²) >= 11 is 7.83. The number of hydrogen-bond acceptors (Lipinski definition) is 5. The largest absolute Gasteiger partial charge is 0.396 e. The van der Waals surface area contributed by atoms with Crippen LogP contribution in [0.4, 0.5) is 0 Å². The molecule has 0 fully saturated rings. The third-order valence-corrected chi connectivity index (χ3v) is 5.25. The zero-order valence-corrected chi connectivity index (χ0v) is 13.8. The predicted octanol–water partition coefficient (Wildman–Crippen LogP) is 1.95. The molecule has 0 spiro atoms. The molecule has 0 bridgehead atoms. The molecule has 20 heavy (non-hydrogen) atoms. The van der Waals surface area contributed by atoms with Gasteiger partial charge in [0, 0.05) is 42.3 Å². The van der Waals surface area contributed by atoms with Crippen LogP contribution < -0.4 is 5.32 Å². The van der Waals surface area contributed by atoms with Gasteiger partial charge in [0.15, 0.2) is 9.84 Å². The molecular weight excluding hydrogens is 318 g/mol. The van der Waals surface area contributed by atoms with Crippen LogP contribution in [0.1, 0.15) is 12.0 Å². The first-order valence-electron chi connectivity index (χ1n) is 6.33. The Bertz CT molecular complexity index is 520. The van der Waals surface area contributed by atoms with E-state index in [2.05, 4.69) is 5.32 Å². The maximum Gasteiger partial charge on any atom is 0.175 e. The molecule has 4 nitrogen and oxygen atoms in total. The molecule has 1 aromatic rings. The van der Waals surface area contributed by atoms with Crippen molar-refractivity contribution < 1.29 is 13.5 Å². The molecule has 0 aliphatic rings. The summed E-state index contributed by atoms with van der Waals surface area (Å²) in [5, 5.41) is 12.3. The normalized spacial score (nSPS) is 11.8. The molecule has 0 radical (unpaired) electrons. The number of hydrogen-bond donors (Lipinski definition) is 2. The number of aliphatic hydroxyl groups excluding tert-OH is 1. The van der Waals surface area contributed by atoms with Gasteiger partial charge in [-0.15, -0.1) is 0 Å². The first kappa shape index (κ1) is 17.8. The lowest BCUT2D eigenvalue weighted by molar-refractivity contribution is 0.296. The number of thioether (sulfide) groups is 1. The van der Waals surface area contributed by atoms with E-state index in [1.165, 1.54) is 6.26 Å². The molecule has 0 saturated carbocycles. The highest BCUT2D eigenvalue weighted by atomic mass is 35.5. The fourth-order valence-electron chi connectivity index (χ4n) is 1.68. The third kappa shape index (κ3) is 6.01. The van der Waals surface area contributed by atoms with Crippen molar-refractivity contribution in [3.63, 3.8) is 0 Å². The summed E-state index contributed by atoms with van der Waals surface area (Å²) in [6.45, 7) is 1.42. The quantitative estimate of drug-likeness (QED) is 0.674. The number of sulfone groups is 1. The van der Waals surface area contributed by atoms with E-state index >= 15 is 0 Å². The highest BCUT2D eigenvalue weighted by Gasteiger charge is 2.15. The van der Waals surface area contributed by atoms with Gasteiger partial charge in [-0.3, -0.25) is 0 Å². The summed E-state index contributed by atoms with van der Waals surface area (Å²) in [5.41, 5.74) is 0.622. The van der Waals surface area contributed by atoms with Crippen molar-refractivity contribution in [3.05, 3.63) is 28.8 Å². The van der Waals surface area contributed by atoms with E-state index in [9.17, 15) is 8.42 Å². The van der Waals surface area contributed by atoms with Gasteiger partial charge in [0.2, 0.25) is 0 Å². The number of nitrogens with one attached hydrogen (secondary N) is 1. The van der Waals surface area contributed by atoms with Crippen LogP contribution in [0.15, 0.2) is 23.1 Å². The van der Waals surface area contributed by atoms with Gasteiger partial charge in [0.1, 0.15) is 0 Å². The van der Waals surface area contributed by atoms with Crippen molar-refractivity contribution in [2.45, 2.75) is 17.9 Å². The summed E-state index contributed by atoms with van der Waals surface area (Å²) in [6.07, 6.45) is 1.99. The van der Waals surface area contributed by atoms with Gasteiger partial charge in [-0.1, -0.05) is 17.7 Å².